The molecule has 1 aliphatic rings. The summed E-state index contributed by atoms with van der Waals surface area (Å²) in [4.78, 5) is 17.6. The first-order chi connectivity index (χ1) is 9.36. The van der Waals surface area contributed by atoms with Gasteiger partial charge >= 0.3 is 0 Å². The Balaban J connectivity index is 1.63. The van der Waals surface area contributed by atoms with Gasteiger partial charge in [-0.2, -0.15) is 0 Å². The number of hydrogen-bond acceptors (Lipinski definition) is 6. The van der Waals surface area contributed by atoms with Crippen molar-refractivity contribution in [1.29, 1.82) is 0 Å². The van der Waals surface area contributed by atoms with E-state index in [1.165, 1.54) is 0 Å². The molecule has 3 rings (SSSR count). The minimum atomic E-state index is 0.456. The summed E-state index contributed by atoms with van der Waals surface area (Å²) in [5, 5.41) is 3.11. The van der Waals surface area contributed by atoms with Crippen LogP contribution in [0.5, 0.6) is 0 Å². The van der Waals surface area contributed by atoms with E-state index < -0.39 is 0 Å². The number of hydrogen-bond donors (Lipinski definition) is 0. The van der Waals surface area contributed by atoms with E-state index in [4.69, 9.17) is 11.6 Å². The summed E-state index contributed by atoms with van der Waals surface area (Å²) in [6, 6.07) is 0. The Bertz CT molecular complexity index is 507. The maximum Gasteiger partial charge on any atom is 0.225 e. The van der Waals surface area contributed by atoms with Gasteiger partial charge in [0, 0.05) is 55.7 Å². The van der Waals surface area contributed by atoms with Gasteiger partial charge in [0.2, 0.25) is 5.95 Å². The summed E-state index contributed by atoms with van der Waals surface area (Å²) in [6.45, 7) is 3.74. The summed E-state index contributed by atoms with van der Waals surface area (Å²) in [5.74, 6) is 1.24. The third-order valence-corrected chi connectivity index (χ3v) is 4.24. The Morgan fingerprint density at radius 2 is 1.74 bits per heavy atom. The van der Waals surface area contributed by atoms with Gasteiger partial charge in [0.25, 0.3) is 0 Å². The van der Waals surface area contributed by atoms with Gasteiger partial charge in [-0.25, -0.2) is 15.0 Å². The van der Waals surface area contributed by atoms with Crippen LogP contribution >= 0.6 is 22.9 Å². The molecule has 19 heavy (non-hydrogen) atoms. The van der Waals surface area contributed by atoms with Crippen LogP contribution in [0.1, 0.15) is 5.56 Å². The van der Waals surface area contributed by atoms with Gasteiger partial charge in [0.1, 0.15) is 0 Å². The number of piperazine rings is 1. The summed E-state index contributed by atoms with van der Waals surface area (Å²) >= 11 is 7.42. The largest absolute Gasteiger partial charge is 0.345 e. The van der Waals surface area contributed by atoms with Crippen LogP contribution < -0.4 is 9.80 Å². The first-order valence-electron chi connectivity index (χ1n) is 6.13. The number of rotatable bonds is 3. The van der Waals surface area contributed by atoms with Gasteiger partial charge in [-0.3, -0.25) is 0 Å². The summed E-state index contributed by atoms with van der Waals surface area (Å²) < 4.78 is 0. The summed E-state index contributed by atoms with van der Waals surface area (Å²) in [7, 11) is 0. The second kappa shape index (κ2) is 5.71. The lowest BCUT2D eigenvalue weighted by atomic mass is 10.3. The molecule has 0 unspecified atom stereocenters. The fourth-order valence-corrected chi connectivity index (χ4v) is 2.88. The molecule has 0 saturated carbocycles. The minimum Gasteiger partial charge on any atom is -0.345 e. The molecule has 7 heteroatoms. The van der Waals surface area contributed by atoms with Gasteiger partial charge in [-0.05, 0) is 0 Å². The van der Waals surface area contributed by atoms with Crippen molar-refractivity contribution in [2.45, 2.75) is 5.88 Å². The Kier molecular flexibility index (Phi) is 3.79. The van der Waals surface area contributed by atoms with Crippen LogP contribution in [0.4, 0.5) is 11.1 Å². The highest BCUT2D eigenvalue weighted by molar-refractivity contribution is 7.13. The molecule has 100 valence electrons. The fraction of sp³-hybridized carbons (Fsp3) is 0.417. The molecule has 2 aromatic heterocycles. The van der Waals surface area contributed by atoms with E-state index >= 15 is 0 Å². The van der Waals surface area contributed by atoms with E-state index in [0.29, 0.717) is 5.88 Å². The summed E-state index contributed by atoms with van der Waals surface area (Å²) in [5.41, 5.74) is 0.951. The van der Waals surface area contributed by atoms with E-state index in [2.05, 4.69) is 24.8 Å². The van der Waals surface area contributed by atoms with E-state index in [9.17, 15) is 0 Å². The molecule has 2 aromatic rings. The monoisotopic (exact) mass is 295 g/mol. The quantitative estimate of drug-likeness (QED) is 0.811. The number of thiazole rings is 1. The highest BCUT2D eigenvalue weighted by atomic mass is 35.5. The number of nitrogens with zero attached hydrogens (tertiary/aromatic N) is 5. The van der Waals surface area contributed by atoms with Crippen LogP contribution in [-0.2, 0) is 5.88 Å². The Morgan fingerprint density at radius 1 is 1.05 bits per heavy atom. The number of anilines is 2. The van der Waals surface area contributed by atoms with Crippen molar-refractivity contribution in [3.63, 3.8) is 0 Å². The third kappa shape index (κ3) is 2.79. The van der Waals surface area contributed by atoms with Gasteiger partial charge in [0.05, 0.1) is 5.88 Å². The Hall–Kier alpha value is -1.40. The van der Waals surface area contributed by atoms with Crippen molar-refractivity contribution >= 4 is 34.0 Å². The van der Waals surface area contributed by atoms with E-state index in [-0.39, 0.29) is 0 Å². The maximum absolute atomic E-state index is 5.74. The normalized spacial score (nSPS) is 15.8. The zero-order valence-electron chi connectivity index (χ0n) is 10.4. The van der Waals surface area contributed by atoms with Crippen molar-refractivity contribution in [3.8, 4) is 0 Å². The first-order valence-corrected chi connectivity index (χ1v) is 7.54. The smallest absolute Gasteiger partial charge is 0.225 e. The number of aromatic nitrogens is 3. The predicted molar refractivity (Wildman–Crippen MR) is 78.1 cm³/mol. The molecular weight excluding hydrogens is 282 g/mol. The lowest BCUT2D eigenvalue weighted by Crippen LogP contribution is -2.47. The van der Waals surface area contributed by atoms with E-state index in [0.717, 1.165) is 42.8 Å². The van der Waals surface area contributed by atoms with Crippen molar-refractivity contribution in [2.24, 2.45) is 0 Å². The number of alkyl halides is 1. The van der Waals surface area contributed by atoms with Gasteiger partial charge in [-0.15, -0.1) is 22.9 Å². The topological polar surface area (TPSA) is 45.2 Å². The van der Waals surface area contributed by atoms with Gasteiger partial charge < -0.3 is 9.80 Å². The zero-order chi connectivity index (χ0) is 13.1. The summed E-state index contributed by atoms with van der Waals surface area (Å²) in [6.07, 6.45) is 5.44. The molecule has 5 nitrogen and oxygen atoms in total. The Morgan fingerprint density at radius 3 is 2.32 bits per heavy atom. The molecule has 0 bridgehead atoms. The second-order valence-corrected chi connectivity index (χ2v) is 5.45. The van der Waals surface area contributed by atoms with Crippen molar-refractivity contribution in [1.82, 2.24) is 15.0 Å². The van der Waals surface area contributed by atoms with Crippen molar-refractivity contribution in [2.75, 3.05) is 36.0 Å². The van der Waals surface area contributed by atoms with Crippen LogP contribution in [0.15, 0.2) is 24.0 Å². The average molecular weight is 296 g/mol. The molecule has 0 radical (unpaired) electrons. The highest BCUT2D eigenvalue weighted by Gasteiger charge is 2.20. The van der Waals surface area contributed by atoms with Gasteiger partial charge in [-0.1, -0.05) is 0 Å². The minimum absolute atomic E-state index is 0.456. The standard InChI is InChI=1S/C12H14ClN5S/c13-7-10-8-15-11(16-9-10)17-2-4-18(5-3-17)12-14-1-6-19-12/h1,6,8-9H,2-5,7H2. The fourth-order valence-electron chi connectivity index (χ4n) is 2.05. The van der Waals surface area contributed by atoms with Crippen LogP contribution in [0.3, 0.4) is 0 Å². The maximum atomic E-state index is 5.74. The van der Waals surface area contributed by atoms with E-state index in [1.807, 2.05) is 11.6 Å². The molecule has 0 amide bonds. The molecule has 0 N–H and O–H groups in total. The predicted octanol–water partition coefficient (Wildman–Crippen LogP) is 2.00. The molecule has 1 aliphatic heterocycles. The molecule has 0 spiro atoms. The number of halogens is 1. The molecule has 0 aliphatic carbocycles. The lowest BCUT2D eigenvalue weighted by Gasteiger charge is -2.34. The SMILES string of the molecule is ClCc1cnc(N2CCN(c3nccs3)CC2)nc1. The average Bonchev–Trinajstić information content (AvgIpc) is 3.02. The zero-order valence-corrected chi connectivity index (χ0v) is 11.9. The lowest BCUT2D eigenvalue weighted by molar-refractivity contribution is 0.638. The molecule has 1 fully saturated rings. The van der Waals surface area contributed by atoms with Gasteiger partial charge in [0.15, 0.2) is 5.13 Å². The van der Waals surface area contributed by atoms with Crippen LogP contribution in [0, 0.1) is 0 Å². The van der Waals surface area contributed by atoms with Crippen molar-refractivity contribution in [3.05, 3.63) is 29.5 Å². The van der Waals surface area contributed by atoms with Crippen LogP contribution in [-0.4, -0.2) is 41.1 Å². The molecular formula is C12H14ClN5S. The highest BCUT2D eigenvalue weighted by Crippen LogP contribution is 2.20. The second-order valence-electron chi connectivity index (χ2n) is 4.31. The Labute approximate surface area is 120 Å². The molecule has 0 aromatic carbocycles. The molecule has 0 atom stereocenters. The van der Waals surface area contributed by atoms with Crippen LogP contribution in [0.2, 0.25) is 0 Å². The molecule has 1 saturated heterocycles. The first kappa shape index (κ1) is 12.6. The third-order valence-electron chi connectivity index (χ3n) is 3.10. The molecule has 3 heterocycles. The van der Waals surface area contributed by atoms with Crippen molar-refractivity contribution < 1.29 is 0 Å². The van der Waals surface area contributed by atoms with E-state index in [1.54, 1.807) is 23.7 Å². The van der Waals surface area contributed by atoms with Crippen LogP contribution in [0.25, 0.3) is 0 Å².